The average molecular weight is 435 g/mol. The molecule has 3 rings (SSSR count). The molecule has 8 heteroatoms. The topological polar surface area (TPSA) is 90.7 Å². The van der Waals surface area contributed by atoms with Gasteiger partial charge >= 0.3 is 0 Å². The van der Waals surface area contributed by atoms with Crippen molar-refractivity contribution in [3.63, 3.8) is 0 Å². The van der Waals surface area contributed by atoms with Crippen LogP contribution in [0.4, 0.5) is 0 Å². The highest BCUT2D eigenvalue weighted by atomic mass is 32.2. The summed E-state index contributed by atoms with van der Waals surface area (Å²) in [6, 6.07) is 5.58. The molecule has 1 aromatic heterocycles. The first-order valence-electron chi connectivity index (χ1n) is 10.2. The van der Waals surface area contributed by atoms with Gasteiger partial charge in [0.05, 0.1) is 25.7 Å². The molecular formula is C22H30N2O5S. The van der Waals surface area contributed by atoms with Gasteiger partial charge in [-0.3, -0.25) is 9.00 Å². The molecule has 0 bridgehead atoms. The van der Waals surface area contributed by atoms with E-state index in [2.05, 4.69) is 17.2 Å². The Morgan fingerprint density at radius 3 is 2.67 bits per heavy atom. The van der Waals surface area contributed by atoms with Crippen LogP contribution in [0.5, 0.6) is 11.5 Å². The first kappa shape index (κ1) is 22.3. The van der Waals surface area contributed by atoms with E-state index in [0.29, 0.717) is 34.8 Å². The van der Waals surface area contributed by atoms with E-state index in [1.165, 1.54) is 6.42 Å². The second-order valence-corrected chi connectivity index (χ2v) is 9.21. The van der Waals surface area contributed by atoms with E-state index < -0.39 is 10.8 Å². The van der Waals surface area contributed by atoms with Gasteiger partial charge in [-0.05, 0) is 43.9 Å². The number of rotatable bonds is 8. The van der Waals surface area contributed by atoms with Crippen LogP contribution < -0.4 is 14.8 Å². The Balaban J connectivity index is 1.62. The number of benzene rings is 1. The van der Waals surface area contributed by atoms with Crippen LogP contribution >= 0.6 is 0 Å². The second kappa shape index (κ2) is 10.1. The summed E-state index contributed by atoms with van der Waals surface area (Å²) in [6.07, 6.45) is 4.48. The third-order valence-electron chi connectivity index (χ3n) is 5.57. The number of carbonyl (C=O) groups is 1. The van der Waals surface area contributed by atoms with E-state index in [1.54, 1.807) is 33.3 Å². The molecule has 0 spiro atoms. The Morgan fingerprint density at radius 1 is 1.23 bits per heavy atom. The van der Waals surface area contributed by atoms with Gasteiger partial charge in [0.2, 0.25) is 11.8 Å². The maximum Gasteiger partial charge on any atom is 0.232 e. The fourth-order valence-corrected chi connectivity index (χ4v) is 4.83. The smallest absolute Gasteiger partial charge is 0.232 e. The summed E-state index contributed by atoms with van der Waals surface area (Å²) < 4.78 is 28.9. The Morgan fingerprint density at radius 2 is 1.97 bits per heavy atom. The standard InChI is InChI=1S/C22H30N2O5S/c1-14-7-5-6-8-17(14)23-21(25)13-30(26)12-18-15(2)29-22(24-18)16-9-10-19(27-3)20(11-16)28-4/h9-11,14,17H,5-8,12-13H2,1-4H3,(H,23,25)/t14-,17-,30+/m1/s1. The quantitative estimate of drug-likeness (QED) is 0.683. The van der Waals surface area contributed by atoms with Crippen molar-refractivity contribution in [3.05, 3.63) is 29.7 Å². The number of hydrogen-bond donors (Lipinski definition) is 1. The highest BCUT2D eigenvalue weighted by Crippen LogP contribution is 2.32. The van der Waals surface area contributed by atoms with E-state index in [9.17, 15) is 9.00 Å². The largest absolute Gasteiger partial charge is 0.493 e. The molecule has 1 aliphatic rings. The predicted octanol–water partition coefficient (Wildman–Crippen LogP) is 3.61. The lowest BCUT2D eigenvalue weighted by atomic mass is 9.86. The van der Waals surface area contributed by atoms with Crippen molar-refractivity contribution in [2.45, 2.75) is 51.3 Å². The van der Waals surface area contributed by atoms with Gasteiger partial charge in [0, 0.05) is 22.4 Å². The number of ether oxygens (including phenoxy) is 2. The molecule has 1 aromatic carbocycles. The lowest BCUT2D eigenvalue weighted by Crippen LogP contribution is -2.42. The SMILES string of the molecule is COc1ccc(-c2nc(C[S@](=O)CC(=O)N[C@@H]3CCCC[C@H]3C)c(C)o2)cc1OC. The molecule has 30 heavy (non-hydrogen) atoms. The third kappa shape index (κ3) is 5.41. The minimum absolute atomic E-state index is 0.0266. The number of aryl methyl sites for hydroxylation is 1. The maximum atomic E-state index is 12.6. The number of aromatic nitrogens is 1. The van der Waals surface area contributed by atoms with E-state index >= 15 is 0 Å². The highest BCUT2D eigenvalue weighted by molar-refractivity contribution is 7.84. The Hall–Kier alpha value is -2.35. The summed E-state index contributed by atoms with van der Waals surface area (Å²) in [6.45, 7) is 3.95. The Kier molecular flexibility index (Phi) is 7.53. The van der Waals surface area contributed by atoms with Crippen LogP contribution in [0.2, 0.25) is 0 Å². The molecule has 1 fully saturated rings. The summed E-state index contributed by atoms with van der Waals surface area (Å²) in [7, 11) is 1.78. The zero-order valence-corrected chi connectivity index (χ0v) is 18.8. The van der Waals surface area contributed by atoms with Gasteiger partial charge in [0.1, 0.15) is 11.5 Å². The van der Waals surface area contributed by atoms with Crippen LogP contribution in [-0.2, 0) is 21.3 Å². The molecule has 0 radical (unpaired) electrons. The monoisotopic (exact) mass is 434 g/mol. The maximum absolute atomic E-state index is 12.6. The van der Waals surface area contributed by atoms with Gasteiger partial charge in [0.25, 0.3) is 0 Å². The van der Waals surface area contributed by atoms with Crippen LogP contribution in [-0.4, -0.2) is 41.1 Å². The number of amides is 1. The van der Waals surface area contributed by atoms with Gasteiger partial charge in [-0.15, -0.1) is 0 Å². The van der Waals surface area contributed by atoms with Crippen molar-refractivity contribution in [1.29, 1.82) is 0 Å². The molecule has 1 heterocycles. The van der Waals surface area contributed by atoms with E-state index in [-0.39, 0.29) is 23.5 Å². The molecule has 0 saturated heterocycles. The molecule has 7 nitrogen and oxygen atoms in total. The predicted molar refractivity (Wildman–Crippen MR) is 116 cm³/mol. The van der Waals surface area contributed by atoms with Crippen molar-refractivity contribution >= 4 is 16.7 Å². The van der Waals surface area contributed by atoms with Gasteiger partial charge in [-0.2, -0.15) is 0 Å². The Bertz CT molecular complexity index is 911. The molecule has 0 aliphatic heterocycles. The third-order valence-corrected chi connectivity index (χ3v) is 6.75. The van der Waals surface area contributed by atoms with Crippen LogP contribution in [0.3, 0.4) is 0 Å². The van der Waals surface area contributed by atoms with Crippen molar-refractivity contribution in [3.8, 4) is 23.0 Å². The Labute approximate surface area is 180 Å². The average Bonchev–Trinajstić information content (AvgIpc) is 3.09. The van der Waals surface area contributed by atoms with Crippen molar-refractivity contribution in [2.75, 3.05) is 20.0 Å². The first-order valence-corrected chi connectivity index (χ1v) is 11.7. The van der Waals surface area contributed by atoms with Crippen LogP contribution in [0.15, 0.2) is 22.6 Å². The fraction of sp³-hybridized carbons (Fsp3) is 0.545. The van der Waals surface area contributed by atoms with Crippen molar-refractivity contribution < 1.29 is 22.9 Å². The number of methoxy groups -OCH3 is 2. The number of nitrogens with one attached hydrogen (secondary N) is 1. The number of hydrogen-bond acceptors (Lipinski definition) is 6. The second-order valence-electron chi connectivity index (χ2n) is 7.76. The van der Waals surface area contributed by atoms with E-state index in [4.69, 9.17) is 13.9 Å². The first-order chi connectivity index (χ1) is 14.4. The van der Waals surface area contributed by atoms with Gasteiger partial charge < -0.3 is 19.2 Å². The summed E-state index contributed by atoms with van der Waals surface area (Å²) in [5, 5.41) is 3.05. The minimum Gasteiger partial charge on any atom is -0.493 e. The van der Waals surface area contributed by atoms with E-state index in [1.807, 2.05) is 6.07 Å². The van der Waals surface area contributed by atoms with Gasteiger partial charge in [-0.1, -0.05) is 19.8 Å². The minimum atomic E-state index is -1.36. The molecule has 2 aromatic rings. The fourth-order valence-electron chi connectivity index (χ4n) is 3.78. The van der Waals surface area contributed by atoms with E-state index in [0.717, 1.165) is 24.8 Å². The molecule has 1 aliphatic carbocycles. The van der Waals surface area contributed by atoms with Crippen LogP contribution in [0.25, 0.3) is 11.5 Å². The number of carbonyl (C=O) groups excluding carboxylic acids is 1. The molecule has 1 amide bonds. The highest BCUT2D eigenvalue weighted by Gasteiger charge is 2.24. The number of oxazole rings is 1. The lowest BCUT2D eigenvalue weighted by Gasteiger charge is -2.29. The van der Waals surface area contributed by atoms with Crippen LogP contribution in [0, 0.1) is 12.8 Å². The van der Waals surface area contributed by atoms with Crippen molar-refractivity contribution in [1.82, 2.24) is 10.3 Å². The molecular weight excluding hydrogens is 404 g/mol. The molecule has 3 atom stereocenters. The zero-order valence-electron chi connectivity index (χ0n) is 18.0. The molecule has 1 N–H and O–H groups in total. The van der Waals surface area contributed by atoms with Gasteiger partial charge in [0.15, 0.2) is 11.5 Å². The molecule has 1 saturated carbocycles. The van der Waals surface area contributed by atoms with Crippen LogP contribution in [0.1, 0.15) is 44.1 Å². The summed E-state index contributed by atoms with van der Waals surface area (Å²) >= 11 is 0. The van der Waals surface area contributed by atoms with Gasteiger partial charge in [-0.25, -0.2) is 4.98 Å². The number of nitrogens with zero attached hydrogens (tertiary/aromatic N) is 1. The summed E-state index contributed by atoms with van der Waals surface area (Å²) in [5.41, 5.74) is 1.33. The molecule has 0 unspecified atom stereocenters. The summed E-state index contributed by atoms with van der Waals surface area (Å²) in [4.78, 5) is 16.8. The molecule has 164 valence electrons. The summed E-state index contributed by atoms with van der Waals surface area (Å²) in [5.74, 6) is 2.66. The van der Waals surface area contributed by atoms with Crippen molar-refractivity contribution in [2.24, 2.45) is 5.92 Å². The lowest BCUT2D eigenvalue weighted by molar-refractivity contribution is -0.119. The zero-order chi connectivity index (χ0) is 21.7. The normalized spacial score (nSPS) is 19.9.